The highest BCUT2D eigenvalue weighted by atomic mass is 79.9. The molecule has 18 heavy (non-hydrogen) atoms. The molecule has 1 nitrogen and oxygen atoms in total. The molecule has 1 atom stereocenters. The Morgan fingerprint density at radius 2 is 2.06 bits per heavy atom. The summed E-state index contributed by atoms with van der Waals surface area (Å²) >= 11 is 3.55. The first-order valence-corrected chi connectivity index (χ1v) is 7.50. The van der Waals surface area contributed by atoms with Gasteiger partial charge in [0.1, 0.15) is 5.75 Å². The number of allylic oxidation sites excluding steroid dienone is 2. The molecule has 0 aliphatic carbocycles. The van der Waals surface area contributed by atoms with Gasteiger partial charge in [0, 0.05) is 4.47 Å². The van der Waals surface area contributed by atoms with E-state index in [-0.39, 0.29) is 0 Å². The summed E-state index contributed by atoms with van der Waals surface area (Å²) in [5, 5.41) is 0. The summed E-state index contributed by atoms with van der Waals surface area (Å²) in [6.07, 6.45) is 9.12. The Morgan fingerprint density at radius 3 is 2.67 bits per heavy atom. The van der Waals surface area contributed by atoms with Gasteiger partial charge in [-0.25, -0.2) is 0 Å². The van der Waals surface area contributed by atoms with Crippen molar-refractivity contribution in [1.29, 1.82) is 0 Å². The van der Waals surface area contributed by atoms with Crippen molar-refractivity contribution in [1.82, 2.24) is 0 Å². The van der Waals surface area contributed by atoms with Gasteiger partial charge >= 0.3 is 0 Å². The molecule has 1 aromatic rings. The fourth-order valence-electron chi connectivity index (χ4n) is 2.20. The molecule has 0 aromatic heterocycles. The molecule has 1 rings (SSSR count). The first-order chi connectivity index (χ1) is 8.72. The van der Waals surface area contributed by atoms with E-state index in [4.69, 9.17) is 4.74 Å². The number of hydrogen-bond donors (Lipinski definition) is 0. The lowest BCUT2D eigenvalue weighted by molar-refractivity contribution is 0.403. The largest absolute Gasteiger partial charge is 0.496 e. The number of halogens is 1. The summed E-state index contributed by atoms with van der Waals surface area (Å²) in [6, 6.07) is 6.28. The molecule has 0 N–H and O–H groups in total. The molecule has 0 saturated carbocycles. The van der Waals surface area contributed by atoms with E-state index in [0.29, 0.717) is 5.92 Å². The fraction of sp³-hybridized carbons (Fsp3) is 0.500. The molecule has 1 aromatic carbocycles. The smallest absolute Gasteiger partial charge is 0.122 e. The van der Waals surface area contributed by atoms with Crippen LogP contribution in [0.3, 0.4) is 0 Å². The zero-order valence-electron chi connectivity index (χ0n) is 11.6. The van der Waals surface area contributed by atoms with Crippen molar-refractivity contribution in [2.24, 2.45) is 0 Å². The molecule has 0 radical (unpaired) electrons. The third-order valence-electron chi connectivity index (χ3n) is 3.09. The third-order valence-corrected chi connectivity index (χ3v) is 3.58. The van der Waals surface area contributed by atoms with Crippen LogP contribution in [0.1, 0.15) is 51.0 Å². The van der Waals surface area contributed by atoms with Gasteiger partial charge in [-0.1, -0.05) is 48.4 Å². The lowest BCUT2D eigenvalue weighted by atomic mass is 9.90. The summed E-state index contributed by atoms with van der Waals surface area (Å²) < 4.78 is 6.61. The van der Waals surface area contributed by atoms with Gasteiger partial charge in [0.2, 0.25) is 0 Å². The highest BCUT2D eigenvalue weighted by molar-refractivity contribution is 9.10. The molecule has 100 valence electrons. The molecule has 0 amide bonds. The van der Waals surface area contributed by atoms with Crippen molar-refractivity contribution in [2.75, 3.05) is 7.11 Å². The zero-order valence-corrected chi connectivity index (χ0v) is 13.2. The second kappa shape index (κ2) is 8.36. The van der Waals surface area contributed by atoms with Gasteiger partial charge in [0.25, 0.3) is 0 Å². The van der Waals surface area contributed by atoms with E-state index in [1.807, 2.05) is 12.1 Å². The topological polar surface area (TPSA) is 9.23 Å². The number of hydrogen-bond acceptors (Lipinski definition) is 1. The maximum absolute atomic E-state index is 5.49. The van der Waals surface area contributed by atoms with Crippen LogP contribution < -0.4 is 4.74 Å². The molecule has 1 unspecified atom stereocenters. The highest BCUT2D eigenvalue weighted by Gasteiger charge is 2.14. The highest BCUT2D eigenvalue weighted by Crippen LogP contribution is 2.34. The minimum Gasteiger partial charge on any atom is -0.496 e. The van der Waals surface area contributed by atoms with Crippen molar-refractivity contribution >= 4 is 15.9 Å². The molecule has 0 spiro atoms. The van der Waals surface area contributed by atoms with Crippen LogP contribution in [0.2, 0.25) is 0 Å². The van der Waals surface area contributed by atoms with Crippen molar-refractivity contribution < 1.29 is 4.74 Å². The Balaban J connectivity index is 2.95. The van der Waals surface area contributed by atoms with E-state index in [2.05, 4.69) is 48.0 Å². The summed E-state index contributed by atoms with van der Waals surface area (Å²) in [5.74, 6) is 1.55. The van der Waals surface area contributed by atoms with E-state index in [0.717, 1.165) is 23.1 Å². The molecule has 0 bridgehead atoms. The minimum atomic E-state index is 0.547. The maximum atomic E-state index is 5.49. The van der Waals surface area contributed by atoms with Gasteiger partial charge in [-0.2, -0.15) is 0 Å². The number of rotatable bonds is 7. The molecule has 0 aliphatic rings. The predicted octanol–water partition coefficient (Wildman–Crippen LogP) is 5.70. The zero-order chi connectivity index (χ0) is 13.4. The maximum Gasteiger partial charge on any atom is 0.122 e. The summed E-state index contributed by atoms with van der Waals surface area (Å²) in [7, 11) is 1.75. The van der Waals surface area contributed by atoms with E-state index in [1.165, 1.54) is 18.4 Å². The molecule has 0 fully saturated rings. The van der Waals surface area contributed by atoms with Crippen molar-refractivity contribution in [2.45, 2.75) is 45.4 Å². The molecule has 0 saturated heterocycles. The van der Waals surface area contributed by atoms with Crippen molar-refractivity contribution in [3.8, 4) is 5.75 Å². The predicted molar refractivity (Wildman–Crippen MR) is 82.4 cm³/mol. The molecule has 2 heteroatoms. The first-order valence-electron chi connectivity index (χ1n) is 6.71. The Morgan fingerprint density at radius 1 is 1.28 bits per heavy atom. The third kappa shape index (κ3) is 4.49. The normalized spacial score (nSPS) is 12.9. The van der Waals surface area contributed by atoms with Crippen LogP contribution in [0.5, 0.6) is 5.75 Å². The fourth-order valence-corrected chi connectivity index (χ4v) is 2.58. The van der Waals surface area contributed by atoms with Crippen LogP contribution in [-0.2, 0) is 0 Å². The number of methoxy groups -OCH3 is 1. The van der Waals surface area contributed by atoms with Crippen molar-refractivity contribution in [3.63, 3.8) is 0 Å². The van der Waals surface area contributed by atoms with Gasteiger partial charge in [-0.15, -0.1) is 0 Å². The second-order valence-corrected chi connectivity index (χ2v) is 5.40. The second-order valence-electron chi connectivity index (χ2n) is 4.49. The summed E-state index contributed by atoms with van der Waals surface area (Å²) in [4.78, 5) is 0. The lowest BCUT2D eigenvalue weighted by Gasteiger charge is -2.18. The first kappa shape index (κ1) is 15.3. The van der Waals surface area contributed by atoms with Crippen LogP contribution in [0, 0.1) is 0 Å². The Bertz CT molecular complexity index is 385. The molecule has 0 aliphatic heterocycles. The molecular formula is C16H23BrO. The Kier molecular flexibility index (Phi) is 7.11. The van der Waals surface area contributed by atoms with E-state index < -0.39 is 0 Å². The van der Waals surface area contributed by atoms with Crippen LogP contribution >= 0.6 is 15.9 Å². The quantitative estimate of drug-likeness (QED) is 0.587. The van der Waals surface area contributed by atoms with Gasteiger partial charge in [0.15, 0.2) is 0 Å². The average molecular weight is 311 g/mol. The Hall–Kier alpha value is -0.760. The lowest BCUT2D eigenvalue weighted by Crippen LogP contribution is -2.01. The molecular weight excluding hydrogens is 288 g/mol. The number of ether oxygens (including phenoxy) is 1. The monoisotopic (exact) mass is 310 g/mol. The summed E-state index contributed by atoms with van der Waals surface area (Å²) in [6.45, 7) is 4.41. The van der Waals surface area contributed by atoms with Gasteiger partial charge in [-0.3, -0.25) is 0 Å². The standard InChI is InChI=1S/C16H23BrO/c1-4-6-7-9-13(8-5-2)15-12-14(17)10-11-16(15)18-3/h6-7,10-13H,4-5,8-9H2,1-3H3/b7-6-. The van der Waals surface area contributed by atoms with Crippen LogP contribution in [0.15, 0.2) is 34.8 Å². The van der Waals surface area contributed by atoms with Gasteiger partial charge in [0.05, 0.1) is 7.11 Å². The van der Waals surface area contributed by atoms with E-state index >= 15 is 0 Å². The Labute approximate surface area is 119 Å². The molecule has 0 heterocycles. The SMILES string of the molecule is CC/C=C\CC(CCC)c1cc(Br)ccc1OC. The van der Waals surface area contributed by atoms with Crippen molar-refractivity contribution in [3.05, 3.63) is 40.4 Å². The number of benzene rings is 1. The van der Waals surface area contributed by atoms with Gasteiger partial charge < -0.3 is 4.74 Å². The minimum absolute atomic E-state index is 0.547. The van der Waals surface area contributed by atoms with E-state index in [9.17, 15) is 0 Å². The van der Waals surface area contributed by atoms with Crippen LogP contribution in [0.25, 0.3) is 0 Å². The summed E-state index contributed by atoms with van der Waals surface area (Å²) in [5.41, 5.74) is 1.31. The van der Waals surface area contributed by atoms with E-state index in [1.54, 1.807) is 7.11 Å². The average Bonchev–Trinajstić information content (AvgIpc) is 2.38. The van der Waals surface area contributed by atoms with Crippen LogP contribution in [-0.4, -0.2) is 7.11 Å². The van der Waals surface area contributed by atoms with Crippen LogP contribution in [0.4, 0.5) is 0 Å². The van der Waals surface area contributed by atoms with Gasteiger partial charge in [-0.05, 0) is 48.9 Å².